The molecule has 4 rings (SSSR count). The third kappa shape index (κ3) is 3.49. The molecule has 1 aromatic rings. The summed E-state index contributed by atoms with van der Waals surface area (Å²) in [6.07, 6.45) is 2.85. The summed E-state index contributed by atoms with van der Waals surface area (Å²) < 4.78 is 4.90. The van der Waals surface area contributed by atoms with Gasteiger partial charge in [-0.25, -0.2) is 4.79 Å². The molecule has 6 nitrogen and oxygen atoms in total. The van der Waals surface area contributed by atoms with E-state index in [2.05, 4.69) is 29.2 Å². The Labute approximate surface area is 148 Å². The summed E-state index contributed by atoms with van der Waals surface area (Å²) in [7, 11) is 0. The van der Waals surface area contributed by atoms with Crippen molar-refractivity contribution in [1.82, 2.24) is 14.7 Å². The number of cyclic esters (lactones) is 1. The number of benzene rings is 1. The van der Waals surface area contributed by atoms with Gasteiger partial charge in [-0.2, -0.15) is 0 Å². The second-order valence-corrected chi connectivity index (χ2v) is 7.14. The summed E-state index contributed by atoms with van der Waals surface area (Å²) in [5, 5.41) is 0. The average Bonchev–Trinajstić information content (AvgIpc) is 3.13. The number of nitrogens with zero attached hydrogens (tertiary/aromatic N) is 3. The van der Waals surface area contributed by atoms with Crippen LogP contribution in [0.25, 0.3) is 0 Å². The summed E-state index contributed by atoms with van der Waals surface area (Å²) in [6, 6.07) is 9.26. The van der Waals surface area contributed by atoms with Crippen LogP contribution in [0.5, 0.6) is 0 Å². The zero-order valence-electron chi connectivity index (χ0n) is 14.5. The molecule has 0 spiro atoms. The van der Waals surface area contributed by atoms with E-state index in [-0.39, 0.29) is 18.5 Å². The van der Waals surface area contributed by atoms with E-state index in [1.165, 1.54) is 16.0 Å². The molecule has 0 aromatic heterocycles. The van der Waals surface area contributed by atoms with E-state index < -0.39 is 0 Å². The van der Waals surface area contributed by atoms with E-state index in [4.69, 9.17) is 4.74 Å². The molecule has 6 heteroatoms. The highest BCUT2D eigenvalue weighted by atomic mass is 16.6. The van der Waals surface area contributed by atoms with Crippen LogP contribution in [0.1, 0.15) is 17.5 Å². The average molecular weight is 343 g/mol. The van der Waals surface area contributed by atoms with Gasteiger partial charge in [-0.3, -0.25) is 14.6 Å². The van der Waals surface area contributed by atoms with Gasteiger partial charge in [0.2, 0.25) is 5.91 Å². The summed E-state index contributed by atoms with van der Waals surface area (Å²) in [5.41, 5.74) is 2.94. The highest BCUT2D eigenvalue weighted by Gasteiger charge is 2.30. The zero-order chi connectivity index (χ0) is 17.2. The maximum Gasteiger partial charge on any atom is 0.410 e. The van der Waals surface area contributed by atoms with Crippen molar-refractivity contribution in [2.24, 2.45) is 0 Å². The molecule has 1 aliphatic carbocycles. The number of carbonyl (C=O) groups is 2. The lowest BCUT2D eigenvalue weighted by Crippen LogP contribution is -2.43. The van der Waals surface area contributed by atoms with Crippen molar-refractivity contribution in [3.05, 3.63) is 35.4 Å². The molecule has 2 aliphatic heterocycles. The van der Waals surface area contributed by atoms with E-state index in [0.717, 1.165) is 45.4 Å². The lowest BCUT2D eigenvalue weighted by atomic mass is 10.1. The Bertz CT molecular complexity index is 638. The first-order chi connectivity index (χ1) is 12.2. The molecule has 2 amide bonds. The normalized spacial score (nSPS) is 22.0. The van der Waals surface area contributed by atoms with E-state index in [1.54, 1.807) is 0 Å². The van der Waals surface area contributed by atoms with Crippen molar-refractivity contribution in [2.75, 3.05) is 45.9 Å². The van der Waals surface area contributed by atoms with Gasteiger partial charge < -0.3 is 9.64 Å². The Morgan fingerprint density at radius 1 is 1.04 bits per heavy atom. The van der Waals surface area contributed by atoms with Gasteiger partial charge in [0.15, 0.2) is 0 Å². The highest BCUT2D eigenvalue weighted by Crippen LogP contribution is 2.26. The van der Waals surface area contributed by atoms with Crippen molar-refractivity contribution in [3.8, 4) is 0 Å². The first-order valence-corrected chi connectivity index (χ1v) is 9.21. The first kappa shape index (κ1) is 16.4. The van der Waals surface area contributed by atoms with Crippen molar-refractivity contribution in [2.45, 2.75) is 25.3 Å². The second-order valence-electron chi connectivity index (χ2n) is 7.14. The Balaban J connectivity index is 1.32. The van der Waals surface area contributed by atoms with Gasteiger partial charge in [0, 0.05) is 32.2 Å². The van der Waals surface area contributed by atoms with Gasteiger partial charge >= 0.3 is 6.09 Å². The Hall–Kier alpha value is -2.08. The van der Waals surface area contributed by atoms with Crippen LogP contribution in [0.15, 0.2) is 24.3 Å². The number of ether oxygens (including phenoxy) is 1. The molecule has 0 bridgehead atoms. The lowest BCUT2D eigenvalue weighted by molar-refractivity contribution is -0.131. The Morgan fingerprint density at radius 2 is 1.80 bits per heavy atom. The van der Waals surface area contributed by atoms with Crippen molar-refractivity contribution >= 4 is 12.0 Å². The number of amides is 2. The van der Waals surface area contributed by atoms with Crippen LogP contribution in [-0.2, 0) is 22.4 Å². The summed E-state index contributed by atoms with van der Waals surface area (Å²) >= 11 is 0. The van der Waals surface area contributed by atoms with Crippen molar-refractivity contribution in [3.63, 3.8) is 0 Å². The summed E-state index contributed by atoms with van der Waals surface area (Å²) in [5.74, 6) is 0.0374. The quantitative estimate of drug-likeness (QED) is 0.826. The SMILES string of the molecule is O=C(CN1CCOC1=O)N1CCCN(C2Cc3ccccc3C2)CC1. The first-order valence-electron chi connectivity index (χ1n) is 9.21. The Kier molecular flexibility index (Phi) is 4.61. The van der Waals surface area contributed by atoms with Crippen LogP contribution in [-0.4, -0.2) is 78.6 Å². The molecule has 0 atom stereocenters. The van der Waals surface area contributed by atoms with Gasteiger partial charge in [0.1, 0.15) is 13.2 Å². The Morgan fingerprint density at radius 3 is 2.48 bits per heavy atom. The van der Waals surface area contributed by atoms with Crippen LogP contribution in [0, 0.1) is 0 Å². The molecule has 1 aromatic carbocycles. The minimum atomic E-state index is -0.367. The molecule has 0 radical (unpaired) electrons. The summed E-state index contributed by atoms with van der Waals surface area (Å²) in [6.45, 7) is 4.52. The molecule has 3 aliphatic rings. The fraction of sp³-hybridized carbons (Fsp3) is 0.579. The topological polar surface area (TPSA) is 53.1 Å². The minimum Gasteiger partial charge on any atom is -0.448 e. The van der Waals surface area contributed by atoms with Crippen LogP contribution < -0.4 is 0 Å². The van der Waals surface area contributed by atoms with E-state index in [9.17, 15) is 9.59 Å². The van der Waals surface area contributed by atoms with Gasteiger partial charge in [-0.1, -0.05) is 24.3 Å². The van der Waals surface area contributed by atoms with Gasteiger partial charge in [-0.15, -0.1) is 0 Å². The van der Waals surface area contributed by atoms with Crippen LogP contribution in [0.4, 0.5) is 4.79 Å². The molecule has 2 saturated heterocycles. The van der Waals surface area contributed by atoms with Gasteiger partial charge in [0.05, 0.1) is 6.54 Å². The summed E-state index contributed by atoms with van der Waals surface area (Å²) in [4.78, 5) is 30.0. The number of hydrogen-bond donors (Lipinski definition) is 0. The minimum absolute atomic E-state index is 0.0374. The number of carbonyl (C=O) groups excluding carboxylic acids is 2. The highest BCUT2D eigenvalue weighted by molar-refractivity contribution is 5.82. The molecule has 134 valence electrons. The monoisotopic (exact) mass is 343 g/mol. The smallest absolute Gasteiger partial charge is 0.410 e. The van der Waals surface area contributed by atoms with E-state index in [1.807, 2.05) is 4.90 Å². The van der Waals surface area contributed by atoms with Gasteiger partial charge in [-0.05, 0) is 30.4 Å². The number of rotatable bonds is 3. The molecular weight excluding hydrogens is 318 g/mol. The largest absolute Gasteiger partial charge is 0.448 e. The molecule has 2 fully saturated rings. The maximum absolute atomic E-state index is 12.5. The fourth-order valence-corrected chi connectivity index (χ4v) is 4.18. The molecule has 2 heterocycles. The third-order valence-corrected chi connectivity index (χ3v) is 5.60. The maximum atomic E-state index is 12.5. The van der Waals surface area contributed by atoms with Crippen LogP contribution in [0.2, 0.25) is 0 Å². The van der Waals surface area contributed by atoms with E-state index >= 15 is 0 Å². The fourth-order valence-electron chi connectivity index (χ4n) is 4.18. The molecule has 0 N–H and O–H groups in total. The predicted octanol–water partition coefficient (Wildman–Crippen LogP) is 1.14. The van der Waals surface area contributed by atoms with Crippen molar-refractivity contribution in [1.29, 1.82) is 0 Å². The number of hydrogen-bond acceptors (Lipinski definition) is 4. The molecule has 0 unspecified atom stereocenters. The van der Waals surface area contributed by atoms with Crippen LogP contribution in [0.3, 0.4) is 0 Å². The van der Waals surface area contributed by atoms with Crippen molar-refractivity contribution < 1.29 is 14.3 Å². The number of fused-ring (bicyclic) bond motifs is 1. The standard InChI is InChI=1S/C19H25N3O3/c23-18(14-22-10-11-25-19(22)24)21-7-3-6-20(8-9-21)17-12-15-4-1-2-5-16(15)13-17/h1-2,4-5,17H,3,6-14H2. The predicted molar refractivity (Wildman–Crippen MR) is 93.3 cm³/mol. The molecule has 25 heavy (non-hydrogen) atoms. The van der Waals surface area contributed by atoms with Gasteiger partial charge in [0.25, 0.3) is 0 Å². The zero-order valence-corrected chi connectivity index (χ0v) is 14.5. The molecule has 0 saturated carbocycles. The van der Waals surface area contributed by atoms with Crippen LogP contribution >= 0.6 is 0 Å². The molecular formula is C19H25N3O3. The lowest BCUT2D eigenvalue weighted by Gasteiger charge is -2.27. The second kappa shape index (κ2) is 7.04. The third-order valence-electron chi connectivity index (χ3n) is 5.60. The van der Waals surface area contributed by atoms with E-state index in [0.29, 0.717) is 19.2 Å².